The van der Waals surface area contributed by atoms with Crippen LogP contribution in [-0.4, -0.2) is 52.2 Å². The van der Waals surface area contributed by atoms with Gasteiger partial charge >= 0.3 is 6.18 Å². The fourth-order valence-electron chi connectivity index (χ4n) is 3.79. The molecule has 1 aliphatic rings. The summed E-state index contributed by atoms with van der Waals surface area (Å²) in [6.45, 7) is 6.74. The van der Waals surface area contributed by atoms with Gasteiger partial charge in [-0.1, -0.05) is 18.5 Å². The highest BCUT2D eigenvalue weighted by Crippen LogP contribution is 2.31. The molecule has 0 radical (unpaired) electrons. The van der Waals surface area contributed by atoms with Gasteiger partial charge in [0.15, 0.2) is 0 Å². The Morgan fingerprint density at radius 3 is 2.46 bits per heavy atom. The molecule has 1 aromatic carbocycles. The van der Waals surface area contributed by atoms with Gasteiger partial charge in [-0.15, -0.1) is 0 Å². The van der Waals surface area contributed by atoms with Gasteiger partial charge in [0.05, 0.1) is 10.6 Å². The number of anilines is 5. The number of pyridine rings is 1. The first-order chi connectivity index (χ1) is 16.7. The maximum atomic E-state index is 12.9. The smallest absolute Gasteiger partial charge is 0.354 e. The van der Waals surface area contributed by atoms with Gasteiger partial charge in [0, 0.05) is 44.1 Å². The Morgan fingerprint density at radius 2 is 1.80 bits per heavy atom. The Balaban J connectivity index is 1.55. The van der Waals surface area contributed by atoms with Crippen molar-refractivity contribution in [2.24, 2.45) is 0 Å². The molecule has 186 valence electrons. The average molecular weight is 507 g/mol. The quantitative estimate of drug-likeness (QED) is 0.451. The molecule has 0 unspecified atom stereocenters. The summed E-state index contributed by atoms with van der Waals surface area (Å²) in [6, 6.07) is 8.40. The van der Waals surface area contributed by atoms with E-state index in [-0.39, 0.29) is 12.0 Å². The summed E-state index contributed by atoms with van der Waals surface area (Å²) in [4.78, 5) is 22.2. The highest BCUT2D eigenvalue weighted by molar-refractivity contribution is 6.32. The largest absolute Gasteiger partial charge is 0.416 e. The van der Waals surface area contributed by atoms with Gasteiger partial charge in [0.2, 0.25) is 17.8 Å². The Kier molecular flexibility index (Phi) is 7.44. The number of nitrogens with one attached hydrogen (secondary N) is 2. The van der Waals surface area contributed by atoms with Crippen molar-refractivity contribution in [3.05, 3.63) is 53.2 Å². The summed E-state index contributed by atoms with van der Waals surface area (Å²) in [5, 5.41) is 6.77. The van der Waals surface area contributed by atoms with Crippen LogP contribution in [0, 0.1) is 0 Å². The van der Waals surface area contributed by atoms with Gasteiger partial charge < -0.3 is 20.4 Å². The van der Waals surface area contributed by atoms with E-state index >= 15 is 0 Å². The number of piperazine rings is 1. The van der Waals surface area contributed by atoms with Crippen LogP contribution in [0.5, 0.6) is 0 Å². The SMILES string of the molecule is CCCNc1nc(Nc2ccc(C(F)(F)F)cc2)nc(N2CCN(c3ncccc3Cl)C[C@H]2C)n1. The van der Waals surface area contributed by atoms with Crippen LogP contribution in [0.3, 0.4) is 0 Å². The molecule has 4 rings (SSSR count). The van der Waals surface area contributed by atoms with Gasteiger partial charge in [-0.05, 0) is 49.7 Å². The van der Waals surface area contributed by atoms with Gasteiger partial charge in [-0.3, -0.25) is 0 Å². The van der Waals surface area contributed by atoms with Crippen LogP contribution in [0.15, 0.2) is 42.6 Å². The molecular weight excluding hydrogens is 481 g/mol. The number of rotatable bonds is 7. The van der Waals surface area contributed by atoms with Crippen molar-refractivity contribution in [3.8, 4) is 0 Å². The average Bonchev–Trinajstić information content (AvgIpc) is 2.82. The van der Waals surface area contributed by atoms with E-state index in [1.165, 1.54) is 12.1 Å². The van der Waals surface area contributed by atoms with E-state index in [0.717, 1.165) is 24.4 Å². The highest BCUT2D eigenvalue weighted by atomic mass is 35.5. The minimum atomic E-state index is -4.39. The first-order valence-corrected chi connectivity index (χ1v) is 11.7. The van der Waals surface area contributed by atoms with Crippen LogP contribution >= 0.6 is 11.6 Å². The summed E-state index contributed by atoms with van der Waals surface area (Å²) in [7, 11) is 0. The van der Waals surface area contributed by atoms with Crippen LogP contribution in [-0.2, 0) is 6.18 Å². The van der Waals surface area contributed by atoms with Gasteiger partial charge in [0.1, 0.15) is 5.82 Å². The second-order valence-electron chi connectivity index (χ2n) is 8.21. The number of benzene rings is 1. The van der Waals surface area contributed by atoms with E-state index in [0.29, 0.717) is 48.8 Å². The molecule has 3 aromatic rings. The Bertz CT molecular complexity index is 1140. The number of hydrogen-bond donors (Lipinski definition) is 2. The summed E-state index contributed by atoms with van der Waals surface area (Å²) in [6.07, 6.45) is -1.80. The molecule has 3 heterocycles. The van der Waals surface area contributed by atoms with Crippen LogP contribution in [0.1, 0.15) is 25.8 Å². The fourth-order valence-corrected chi connectivity index (χ4v) is 4.03. The predicted octanol–water partition coefficient (Wildman–Crippen LogP) is 5.22. The van der Waals surface area contributed by atoms with Crippen molar-refractivity contribution in [2.45, 2.75) is 32.5 Å². The number of alkyl halides is 3. The van der Waals surface area contributed by atoms with Gasteiger partial charge in [0.25, 0.3) is 0 Å². The molecule has 2 aromatic heterocycles. The molecule has 1 atom stereocenters. The minimum absolute atomic E-state index is 0.0437. The molecule has 0 bridgehead atoms. The van der Waals surface area contributed by atoms with E-state index < -0.39 is 11.7 Å². The monoisotopic (exact) mass is 506 g/mol. The zero-order valence-electron chi connectivity index (χ0n) is 19.3. The molecule has 0 spiro atoms. The number of hydrogen-bond acceptors (Lipinski definition) is 8. The molecule has 0 saturated carbocycles. The summed E-state index contributed by atoms with van der Waals surface area (Å²) in [5.41, 5.74) is -0.274. The lowest BCUT2D eigenvalue weighted by atomic mass is 10.2. The third kappa shape index (κ3) is 6.02. The van der Waals surface area contributed by atoms with Crippen molar-refractivity contribution >= 4 is 41.0 Å². The van der Waals surface area contributed by atoms with Crippen molar-refractivity contribution in [1.29, 1.82) is 0 Å². The number of nitrogens with zero attached hydrogens (tertiary/aromatic N) is 6. The molecule has 1 saturated heterocycles. The molecule has 35 heavy (non-hydrogen) atoms. The Labute approximate surface area is 206 Å². The molecule has 1 aliphatic heterocycles. The van der Waals surface area contributed by atoms with E-state index in [1.807, 2.05) is 13.0 Å². The lowest BCUT2D eigenvalue weighted by Gasteiger charge is -2.40. The van der Waals surface area contributed by atoms with Crippen molar-refractivity contribution in [3.63, 3.8) is 0 Å². The molecule has 0 amide bonds. The zero-order chi connectivity index (χ0) is 25.0. The first kappa shape index (κ1) is 24.8. The topological polar surface area (TPSA) is 82.1 Å². The molecule has 0 aliphatic carbocycles. The maximum Gasteiger partial charge on any atom is 0.416 e. The lowest BCUT2D eigenvalue weighted by Crippen LogP contribution is -2.53. The normalized spacial score (nSPS) is 16.3. The van der Waals surface area contributed by atoms with E-state index in [2.05, 4.69) is 47.3 Å². The molecule has 2 N–H and O–H groups in total. The second-order valence-corrected chi connectivity index (χ2v) is 8.61. The summed E-state index contributed by atoms with van der Waals surface area (Å²) >= 11 is 6.33. The molecule has 1 fully saturated rings. The van der Waals surface area contributed by atoms with Crippen molar-refractivity contribution in [1.82, 2.24) is 19.9 Å². The van der Waals surface area contributed by atoms with Crippen LogP contribution in [0.2, 0.25) is 5.02 Å². The lowest BCUT2D eigenvalue weighted by molar-refractivity contribution is -0.137. The van der Waals surface area contributed by atoms with E-state index in [4.69, 9.17) is 11.6 Å². The van der Waals surface area contributed by atoms with Crippen LogP contribution in [0.25, 0.3) is 0 Å². The standard InChI is InChI=1S/C23H26ClF3N8/c1-3-10-29-20-31-21(30-17-8-6-16(7-9-17)23(25,26)27)33-22(32-20)35-13-12-34(14-15(35)2)19-18(24)5-4-11-28-19/h4-9,11,15H,3,10,12-14H2,1-2H3,(H2,29,30,31,32,33)/t15-/m1/s1. The van der Waals surface area contributed by atoms with Crippen molar-refractivity contribution < 1.29 is 13.2 Å². The highest BCUT2D eigenvalue weighted by Gasteiger charge is 2.30. The molecular formula is C23H26ClF3N8. The van der Waals surface area contributed by atoms with E-state index in [1.54, 1.807) is 12.3 Å². The summed E-state index contributed by atoms with van der Waals surface area (Å²) < 4.78 is 38.7. The third-order valence-corrected chi connectivity index (χ3v) is 5.84. The fraction of sp³-hybridized carbons (Fsp3) is 0.391. The Hall–Kier alpha value is -3.34. The maximum absolute atomic E-state index is 12.9. The Morgan fingerprint density at radius 1 is 1.06 bits per heavy atom. The van der Waals surface area contributed by atoms with Crippen molar-refractivity contribution in [2.75, 3.05) is 46.6 Å². The number of aromatic nitrogens is 4. The molecule has 12 heteroatoms. The number of halogens is 4. The third-order valence-electron chi connectivity index (χ3n) is 5.55. The predicted molar refractivity (Wildman–Crippen MR) is 132 cm³/mol. The minimum Gasteiger partial charge on any atom is -0.354 e. The second kappa shape index (κ2) is 10.5. The van der Waals surface area contributed by atoms with Crippen LogP contribution < -0.4 is 20.4 Å². The van der Waals surface area contributed by atoms with Gasteiger partial charge in [-0.2, -0.15) is 28.1 Å². The van der Waals surface area contributed by atoms with Crippen LogP contribution in [0.4, 0.5) is 42.5 Å². The zero-order valence-corrected chi connectivity index (χ0v) is 20.1. The molecule has 8 nitrogen and oxygen atoms in total. The first-order valence-electron chi connectivity index (χ1n) is 11.3. The summed E-state index contributed by atoms with van der Waals surface area (Å²) in [5.74, 6) is 1.86. The van der Waals surface area contributed by atoms with Gasteiger partial charge in [-0.25, -0.2) is 4.98 Å². The van der Waals surface area contributed by atoms with E-state index in [9.17, 15) is 13.2 Å².